The van der Waals surface area contributed by atoms with E-state index in [0.29, 0.717) is 4.91 Å². The Morgan fingerprint density at radius 1 is 1.26 bits per heavy atom. The number of hydrogen-bond donors (Lipinski definition) is 1. The molecule has 0 unspecified atom stereocenters. The van der Waals surface area contributed by atoms with Gasteiger partial charge in [0.25, 0.3) is 11.1 Å². The van der Waals surface area contributed by atoms with Crippen LogP contribution in [0.15, 0.2) is 29.2 Å². The summed E-state index contributed by atoms with van der Waals surface area (Å²) in [4.78, 5) is 37.3. The van der Waals surface area contributed by atoms with E-state index in [0.717, 1.165) is 22.9 Å². The molecular formula is C17H20N2O3S. The Labute approximate surface area is 140 Å². The van der Waals surface area contributed by atoms with Crippen LogP contribution in [0.4, 0.5) is 4.79 Å². The molecule has 23 heavy (non-hydrogen) atoms. The lowest BCUT2D eigenvalue weighted by molar-refractivity contribution is -0.125. The fraction of sp³-hybridized carbons (Fsp3) is 0.353. The number of carbonyl (C=O) groups excluding carboxylic acids is 3. The maximum Gasteiger partial charge on any atom is 0.293 e. The van der Waals surface area contributed by atoms with Gasteiger partial charge >= 0.3 is 0 Å². The van der Waals surface area contributed by atoms with Crippen LogP contribution in [0.5, 0.6) is 0 Å². The van der Waals surface area contributed by atoms with Gasteiger partial charge in [-0.15, -0.1) is 0 Å². The highest BCUT2D eigenvalue weighted by Crippen LogP contribution is 2.31. The first-order chi connectivity index (χ1) is 10.9. The first-order valence-electron chi connectivity index (χ1n) is 7.48. The molecule has 1 heterocycles. The number of hydrogen-bond acceptors (Lipinski definition) is 4. The van der Waals surface area contributed by atoms with Crippen LogP contribution in [0.1, 0.15) is 25.0 Å². The summed E-state index contributed by atoms with van der Waals surface area (Å²) in [5.74, 6) is -0.516. The second-order valence-corrected chi connectivity index (χ2v) is 6.68. The van der Waals surface area contributed by atoms with E-state index in [1.807, 2.05) is 31.2 Å². The highest BCUT2D eigenvalue weighted by Gasteiger charge is 2.34. The molecule has 1 fully saturated rings. The van der Waals surface area contributed by atoms with E-state index in [1.54, 1.807) is 19.9 Å². The monoisotopic (exact) mass is 332 g/mol. The van der Waals surface area contributed by atoms with Gasteiger partial charge in [-0.1, -0.05) is 43.7 Å². The highest BCUT2D eigenvalue weighted by molar-refractivity contribution is 8.18. The van der Waals surface area contributed by atoms with Gasteiger partial charge in [0.05, 0.1) is 4.91 Å². The molecule has 0 saturated carbocycles. The smallest absolute Gasteiger partial charge is 0.293 e. The zero-order chi connectivity index (χ0) is 17.0. The molecule has 1 aliphatic heterocycles. The molecule has 0 spiro atoms. The predicted octanol–water partition coefficient (Wildman–Crippen LogP) is 2.80. The topological polar surface area (TPSA) is 66.5 Å². The molecule has 6 heteroatoms. The van der Waals surface area contributed by atoms with Crippen LogP contribution in [0.3, 0.4) is 0 Å². The van der Waals surface area contributed by atoms with E-state index in [2.05, 4.69) is 5.32 Å². The second kappa shape index (κ2) is 7.46. The van der Waals surface area contributed by atoms with E-state index in [1.165, 1.54) is 4.90 Å². The van der Waals surface area contributed by atoms with Crippen LogP contribution in [-0.2, 0) is 9.59 Å². The summed E-state index contributed by atoms with van der Waals surface area (Å²) < 4.78 is 0. The van der Waals surface area contributed by atoms with Crippen molar-refractivity contribution in [1.82, 2.24) is 10.2 Å². The SMILES string of the molecule is Cc1ccc(/C=C2\SC(=O)N(CCNC(=O)C(C)C)C2=O)cc1. The van der Waals surface area contributed by atoms with Gasteiger partial charge in [-0.05, 0) is 30.3 Å². The molecule has 1 N–H and O–H groups in total. The van der Waals surface area contributed by atoms with Crippen molar-refractivity contribution in [2.24, 2.45) is 5.92 Å². The third-order valence-electron chi connectivity index (χ3n) is 3.41. The van der Waals surface area contributed by atoms with E-state index >= 15 is 0 Å². The standard InChI is InChI=1S/C17H20N2O3S/c1-11(2)15(20)18-8-9-19-16(21)14(23-17(19)22)10-13-6-4-12(3)5-7-13/h4-7,10-11H,8-9H2,1-3H3,(H,18,20)/b14-10-. The summed E-state index contributed by atoms with van der Waals surface area (Å²) in [6.45, 7) is 6.03. The summed E-state index contributed by atoms with van der Waals surface area (Å²) in [7, 11) is 0. The minimum atomic E-state index is -0.306. The Morgan fingerprint density at radius 3 is 2.52 bits per heavy atom. The van der Waals surface area contributed by atoms with Crippen LogP contribution in [0, 0.1) is 12.8 Å². The zero-order valence-corrected chi connectivity index (χ0v) is 14.3. The molecule has 1 aromatic carbocycles. The first kappa shape index (κ1) is 17.3. The van der Waals surface area contributed by atoms with E-state index in [-0.39, 0.29) is 36.1 Å². The maximum atomic E-state index is 12.3. The number of rotatable bonds is 5. The van der Waals surface area contributed by atoms with Gasteiger partial charge in [0.1, 0.15) is 0 Å². The van der Waals surface area contributed by atoms with Crippen molar-refractivity contribution in [2.75, 3.05) is 13.1 Å². The Morgan fingerprint density at radius 2 is 1.91 bits per heavy atom. The summed E-state index contributed by atoms with van der Waals surface area (Å²) in [6.07, 6.45) is 1.72. The largest absolute Gasteiger partial charge is 0.354 e. The van der Waals surface area contributed by atoms with Crippen molar-refractivity contribution in [3.63, 3.8) is 0 Å². The van der Waals surface area contributed by atoms with E-state index in [9.17, 15) is 14.4 Å². The average molecular weight is 332 g/mol. The molecule has 1 aliphatic rings. The quantitative estimate of drug-likeness (QED) is 0.842. The van der Waals surface area contributed by atoms with Crippen molar-refractivity contribution in [3.8, 4) is 0 Å². The molecule has 5 nitrogen and oxygen atoms in total. The number of nitrogens with one attached hydrogen (secondary N) is 1. The van der Waals surface area contributed by atoms with Crippen molar-refractivity contribution in [3.05, 3.63) is 40.3 Å². The molecule has 0 radical (unpaired) electrons. The van der Waals surface area contributed by atoms with Gasteiger partial charge in [0.15, 0.2) is 0 Å². The second-order valence-electron chi connectivity index (χ2n) is 5.69. The summed E-state index contributed by atoms with van der Waals surface area (Å²) >= 11 is 0.932. The predicted molar refractivity (Wildman–Crippen MR) is 91.7 cm³/mol. The van der Waals surface area contributed by atoms with Gasteiger partial charge in [0, 0.05) is 19.0 Å². The van der Waals surface area contributed by atoms with Crippen LogP contribution in [0.2, 0.25) is 0 Å². The molecule has 122 valence electrons. The Hall–Kier alpha value is -2.08. The number of carbonyl (C=O) groups is 3. The molecule has 0 aromatic heterocycles. The van der Waals surface area contributed by atoms with Crippen LogP contribution < -0.4 is 5.32 Å². The molecule has 2 rings (SSSR count). The number of imide groups is 1. The van der Waals surface area contributed by atoms with Crippen molar-refractivity contribution < 1.29 is 14.4 Å². The van der Waals surface area contributed by atoms with Gasteiger partial charge < -0.3 is 5.32 Å². The normalized spacial score (nSPS) is 16.5. The molecular weight excluding hydrogens is 312 g/mol. The van der Waals surface area contributed by atoms with Gasteiger partial charge in [-0.3, -0.25) is 19.3 Å². The molecule has 0 bridgehead atoms. The van der Waals surface area contributed by atoms with Crippen LogP contribution >= 0.6 is 11.8 Å². The van der Waals surface area contributed by atoms with Crippen molar-refractivity contribution >= 4 is 34.9 Å². The number of aryl methyl sites for hydroxylation is 1. The Kier molecular flexibility index (Phi) is 5.60. The minimum Gasteiger partial charge on any atom is -0.354 e. The van der Waals surface area contributed by atoms with Gasteiger partial charge in [0.2, 0.25) is 5.91 Å². The summed E-state index contributed by atoms with van der Waals surface area (Å²) in [5.41, 5.74) is 2.02. The molecule has 1 aromatic rings. The van der Waals surface area contributed by atoms with Gasteiger partial charge in [-0.2, -0.15) is 0 Å². The third-order valence-corrected chi connectivity index (χ3v) is 4.32. The third kappa shape index (κ3) is 4.45. The highest BCUT2D eigenvalue weighted by atomic mass is 32.2. The Bertz CT molecular complexity index is 650. The molecule has 3 amide bonds. The van der Waals surface area contributed by atoms with Crippen molar-refractivity contribution in [1.29, 1.82) is 0 Å². The zero-order valence-electron chi connectivity index (χ0n) is 13.5. The lowest BCUT2D eigenvalue weighted by atomic mass is 10.1. The minimum absolute atomic E-state index is 0.0906. The molecule has 0 atom stereocenters. The number of benzene rings is 1. The fourth-order valence-electron chi connectivity index (χ4n) is 2.00. The fourth-order valence-corrected chi connectivity index (χ4v) is 2.87. The van der Waals surface area contributed by atoms with Crippen LogP contribution in [-0.4, -0.2) is 35.0 Å². The molecule has 1 saturated heterocycles. The van der Waals surface area contributed by atoms with Crippen molar-refractivity contribution in [2.45, 2.75) is 20.8 Å². The average Bonchev–Trinajstić information content (AvgIpc) is 2.76. The summed E-state index contributed by atoms with van der Waals surface area (Å²) in [5, 5.41) is 2.41. The number of nitrogens with zero attached hydrogens (tertiary/aromatic N) is 1. The van der Waals surface area contributed by atoms with Crippen LogP contribution in [0.25, 0.3) is 6.08 Å². The van der Waals surface area contributed by atoms with E-state index < -0.39 is 0 Å². The maximum absolute atomic E-state index is 12.3. The lowest BCUT2D eigenvalue weighted by Gasteiger charge is -2.13. The van der Waals surface area contributed by atoms with E-state index in [4.69, 9.17) is 0 Å². The number of thioether (sulfide) groups is 1. The summed E-state index contributed by atoms with van der Waals surface area (Å²) in [6, 6.07) is 7.73. The first-order valence-corrected chi connectivity index (χ1v) is 8.30. The molecule has 0 aliphatic carbocycles. The lowest BCUT2D eigenvalue weighted by Crippen LogP contribution is -2.38. The number of amides is 3. The van der Waals surface area contributed by atoms with Gasteiger partial charge in [-0.25, -0.2) is 0 Å². The Balaban J connectivity index is 1.99.